The van der Waals surface area contributed by atoms with Crippen LogP contribution in [-0.2, 0) is 6.54 Å². The molecule has 2 aromatic heterocycles. The number of aromatic nitrogens is 2. The molecule has 0 aromatic carbocycles. The van der Waals surface area contributed by atoms with Crippen molar-refractivity contribution in [3.8, 4) is 0 Å². The third-order valence-corrected chi connectivity index (χ3v) is 2.90. The number of amides is 1. The Bertz CT molecular complexity index is 545. The number of rotatable bonds is 3. The molecule has 0 unspecified atom stereocenters. The second-order valence-electron chi connectivity index (χ2n) is 3.91. The molecular formula is C13H12BrN3O. The van der Waals surface area contributed by atoms with Crippen LogP contribution in [0, 0.1) is 0 Å². The van der Waals surface area contributed by atoms with E-state index in [1.807, 2.05) is 12.1 Å². The van der Waals surface area contributed by atoms with Gasteiger partial charge in [-0.2, -0.15) is 0 Å². The summed E-state index contributed by atoms with van der Waals surface area (Å²) in [5, 5.41) is 0. The molecule has 2 aromatic rings. The van der Waals surface area contributed by atoms with Crippen LogP contribution in [0.5, 0.6) is 0 Å². The summed E-state index contributed by atoms with van der Waals surface area (Å²) in [6.45, 7) is 0.549. The highest BCUT2D eigenvalue weighted by molar-refractivity contribution is 9.10. The van der Waals surface area contributed by atoms with Gasteiger partial charge in [0.25, 0.3) is 5.91 Å². The minimum absolute atomic E-state index is 0.0550. The topological polar surface area (TPSA) is 46.1 Å². The zero-order chi connectivity index (χ0) is 13.0. The van der Waals surface area contributed by atoms with E-state index in [2.05, 4.69) is 25.9 Å². The minimum atomic E-state index is -0.0550. The first-order valence-corrected chi connectivity index (χ1v) is 6.21. The van der Waals surface area contributed by atoms with Gasteiger partial charge in [-0.25, -0.2) is 0 Å². The third-order valence-electron chi connectivity index (χ3n) is 2.47. The van der Waals surface area contributed by atoms with Gasteiger partial charge in [-0.1, -0.05) is 0 Å². The molecule has 0 spiro atoms. The van der Waals surface area contributed by atoms with Gasteiger partial charge in [0, 0.05) is 42.9 Å². The number of nitrogens with zero attached hydrogens (tertiary/aromatic N) is 3. The summed E-state index contributed by atoms with van der Waals surface area (Å²) in [6, 6.07) is 5.55. The van der Waals surface area contributed by atoms with Crippen LogP contribution in [0.15, 0.2) is 47.5 Å². The quantitative estimate of drug-likeness (QED) is 0.875. The predicted octanol–water partition coefficient (Wildman–Crippen LogP) is 2.51. The number of hydrogen-bond donors (Lipinski definition) is 0. The molecule has 4 nitrogen and oxygen atoms in total. The van der Waals surface area contributed by atoms with Crippen molar-refractivity contribution in [1.29, 1.82) is 0 Å². The maximum atomic E-state index is 12.2. The van der Waals surface area contributed by atoms with Gasteiger partial charge in [0.05, 0.1) is 5.56 Å². The molecule has 0 fully saturated rings. The standard InChI is InChI=1S/C13H12BrN3O/c1-17(9-10-2-4-15-5-3-10)13(18)11-6-12(14)8-16-7-11/h2-8H,9H2,1H3. The molecule has 2 heterocycles. The molecule has 0 N–H and O–H groups in total. The molecule has 0 atom stereocenters. The first-order chi connectivity index (χ1) is 8.66. The second-order valence-corrected chi connectivity index (χ2v) is 4.82. The van der Waals surface area contributed by atoms with Crippen LogP contribution < -0.4 is 0 Å². The van der Waals surface area contributed by atoms with E-state index in [1.165, 1.54) is 0 Å². The average molecular weight is 306 g/mol. The highest BCUT2D eigenvalue weighted by Crippen LogP contribution is 2.12. The van der Waals surface area contributed by atoms with E-state index in [0.717, 1.165) is 10.0 Å². The Hall–Kier alpha value is -1.75. The SMILES string of the molecule is CN(Cc1ccncc1)C(=O)c1cncc(Br)c1. The first-order valence-electron chi connectivity index (χ1n) is 5.42. The summed E-state index contributed by atoms with van der Waals surface area (Å²) < 4.78 is 0.797. The summed E-state index contributed by atoms with van der Waals surface area (Å²) in [5.74, 6) is -0.0550. The largest absolute Gasteiger partial charge is 0.337 e. The van der Waals surface area contributed by atoms with Crippen molar-refractivity contribution in [1.82, 2.24) is 14.9 Å². The van der Waals surface area contributed by atoms with Crippen molar-refractivity contribution in [2.75, 3.05) is 7.05 Å². The lowest BCUT2D eigenvalue weighted by Crippen LogP contribution is -2.26. The molecule has 1 amide bonds. The van der Waals surface area contributed by atoms with E-state index in [1.54, 1.807) is 42.8 Å². The summed E-state index contributed by atoms with van der Waals surface area (Å²) in [7, 11) is 1.77. The Kier molecular flexibility index (Phi) is 4.04. The van der Waals surface area contributed by atoms with Crippen LogP contribution in [-0.4, -0.2) is 27.8 Å². The van der Waals surface area contributed by atoms with Gasteiger partial charge in [-0.3, -0.25) is 14.8 Å². The molecule has 0 aliphatic carbocycles. The monoisotopic (exact) mass is 305 g/mol. The number of halogens is 1. The lowest BCUT2D eigenvalue weighted by molar-refractivity contribution is 0.0784. The fourth-order valence-electron chi connectivity index (χ4n) is 1.58. The molecular weight excluding hydrogens is 294 g/mol. The molecule has 0 bridgehead atoms. The highest BCUT2D eigenvalue weighted by Gasteiger charge is 2.12. The van der Waals surface area contributed by atoms with Gasteiger partial charge in [0.2, 0.25) is 0 Å². The molecule has 0 radical (unpaired) electrons. The first kappa shape index (κ1) is 12.7. The van der Waals surface area contributed by atoms with Crippen LogP contribution in [0.1, 0.15) is 15.9 Å². The summed E-state index contributed by atoms with van der Waals surface area (Å²) >= 11 is 3.30. The molecule has 0 saturated carbocycles. The molecule has 0 aliphatic rings. The van der Waals surface area contributed by atoms with Crippen LogP contribution in [0.2, 0.25) is 0 Å². The Morgan fingerprint density at radius 3 is 2.67 bits per heavy atom. The lowest BCUT2D eigenvalue weighted by Gasteiger charge is -2.17. The molecule has 0 aliphatic heterocycles. The van der Waals surface area contributed by atoms with Crippen LogP contribution in [0.4, 0.5) is 0 Å². The van der Waals surface area contributed by atoms with Crippen molar-refractivity contribution in [2.24, 2.45) is 0 Å². The normalized spacial score (nSPS) is 10.1. The zero-order valence-electron chi connectivity index (χ0n) is 9.88. The van der Waals surface area contributed by atoms with Gasteiger partial charge in [0.1, 0.15) is 0 Å². The van der Waals surface area contributed by atoms with Crippen LogP contribution in [0.3, 0.4) is 0 Å². The predicted molar refractivity (Wildman–Crippen MR) is 72.0 cm³/mol. The van der Waals surface area contributed by atoms with Crippen LogP contribution >= 0.6 is 15.9 Å². The lowest BCUT2D eigenvalue weighted by atomic mass is 10.2. The number of carbonyl (C=O) groups is 1. The molecule has 5 heteroatoms. The van der Waals surface area contributed by atoms with Crippen molar-refractivity contribution in [3.63, 3.8) is 0 Å². The maximum Gasteiger partial charge on any atom is 0.255 e. The van der Waals surface area contributed by atoms with Gasteiger partial charge in [-0.05, 0) is 39.7 Å². The molecule has 0 saturated heterocycles. The maximum absolute atomic E-state index is 12.2. The average Bonchev–Trinajstić information content (AvgIpc) is 2.39. The van der Waals surface area contributed by atoms with Crippen molar-refractivity contribution < 1.29 is 4.79 Å². The summed E-state index contributed by atoms with van der Waals surface area (Å²) in [5.41, 5.74) is 1.62. The zero-order valence-corrected chi connectivity index (χ0v) is 11.5. The van der Waals surface area contributed by atoms with E-state index < -0.39 is 0 Å². The van der Waals surface area contributed by atoms with Gasteiger partial charge < -0.3 is 4.90 Å². The Morgan fingerprint density at radius 1 is 1.28 bits per heavy atom. The van der Waals surface area contributed by atoms with Gasteiger partial charge in [0.15, 0.2) is 0 Å². The van der Waals surface area contributed by atoms with Crippen LogP contribution in [0.25, 0.3) is 0 Å². The number of carbonyl (C=O) groups excluding carboxylic acids is 1. The Morgan fingerprint density at radius 2 is 2.00 bits per heavy atom. The Balaban J connectivity index is 2.10. The summed E-state index contributed by atoms with van der Waals surface area (Å²) in [6.07, 6.45) is 6.65. The molecule has 18 heavy (non-hydrogen) atoms. The van der Waals surface area contributed by atoms with E-state index in [-0.39, 0.29) is 5.91 Å². The summed E-state index contributed by atoms with van der Waals surface area (Å²) in [4.78, 5) is 21.7. The molecule has 92 valence electrons. The fourth-order valence-corrected chi connectivity index (χ4v) is 1.95. The Labute approximate surface area is 114 Å². The van der Waals surface area contributed by atoms with Crippen molar-refractivity contribution in [3.05, 3.63) is 58.6 Å². The fraction of sp³-hybridized carbons (Fsp3) is 0.154. The molecule has 2 rings (SSSR count). The van der Waals surface area contributed by atoms with Gasteiger partial charge in [-0.15, -0.1) is 0 Å². The van der Waals surface area contributed by atoms with E-state index in [4.69, 9.17) is 0 Å². The second kappa shape index (κ2) is 5.73. The van der Waals surface area contributed by atoms with E-state index in [9.17, 15) is 4.79 Å². The van der Waals surface area contributed by atoms with Crippen molar-refractivity contribution >= 4 is 21.8 Å². The minimum Gasteiger partial charge on any atom is -0.337 e. The van der Waals surface area contributed by atoms with E-state index in [0.29, 0.717) is 12.1 Å². The highest BCUT2D eigenvalue weighted by atomic mass is 79.9. The smallest absolute Gasteiger partial charge is 0.255 e. The van der Waals surface area contributed by atoms with E-state index >= 15 is 0 Å². The van der Waals surface area contributed by atoms with Crippen molar-refractivity contribution in [2.45, 2.75) is 6.54 Å². The number of hydrogen-bond acceptors (Lipinski definition) is 3. The number of pyridine rings is 2. The third kappa shape index (κ3) is 3.13. The van der Waals surface area contributed by atoms with Gasteiger partial charge >= 0.3 is 0 Å².